The summed E-state index contributed by atoms with van der Waals surface area (Å²) in [5.74, 6) is -0.428. The Labute approximate surface area is 91.4 Å². The molecule has 16 heavy (non-hydrogen) atoms. The second-order valence-electron chi connectivity index (χ2n) is 4.04. The number of rotatable bonds is 3. The minimum atomic E-state index is -0.455. The molecule has 1 aliphatic carbocycles. The predicted octanol–water partition coefficient (Wildman–Crippen LogP) is 0.536. The van der Waals surface area contributed by atoms with Gasteiger partial charge in [-0.15, -0.1) is 0 Å². The van der Waals surface area contributed by atoms with Gasteiger partial charge >= 0.3 is 5.69 Å². The maximum atomic E-state index is 10.8. The molecule has 0 unspecified atom stereocenters. The normalized spacial score (nSPS) is 23.8. The quantitative estimate of drug-likeness (QED) is 0.597. The van der Waals surface area contributed by atoms with Crippen LogP contribution in [0.4, 0.5) is 5.69 Å². The molecular weight excluding hydrogens is 212 g/mol. The monoisotopic (exact) mass is 224 g/mol. The molecule has 1 amide bonds. The number of carbonyl (C=O) groups excluding carboxylic acids is 1. The minimum absolute atomic E-state index is 0.0162. The number of hydrogen-bond acceptors (Lipinski definition) is 4. The standard InChI is InChI=1S/C9H12N4O3/c1-5-8(13(15)16)4-11-12(5)7-2-6(3-7)9(10)14/h4,6-7H,2-3H2,1H3,(H2,10,14). The number of nitrogens with two attached hydrogens (primary N) is 1. The van der Waals surface area contributed by atoms with E-state index in [2.05, 4.69) is 5.10 Å². The summed E-state index contributed by atoms with van der Waals surface area (Å²) < 4.78 is 1.61. The Balaban J connectivity index is 2.13. The van der Waals surface area contributed by atoms with Gasteiger partial charge in [0.05, 0.1) is 11.0 Å². The van der Waals surface area contributed by atoms with E-state index in [1.807, 2.05) is 0 Å². The van der Waals surface area contributed by atoms with Crippen molar-refractivity contribution in [3.8, 4) is 0 Å². The molecule has 0 bridgehead atoms. The van der Waals surface area contributed by atoms with Crippen molar-refractivity contribution in [2.75, 3.05) is 0 Å². The fraction of sp³-hybridized carbons (Fsp3) is 0.556. The van der Waals surface area contributed by atoms with Crippen LogP contribution in [0.1, 0.15) is 24.6 Å². The minimum Gasteiger partial charge on any atom is -0.369 e. The van der Waals surface area contributed by atoms with Crippen LogP contribution in [0, 0.1) is 23.0 Å². The van der Waals surface area contributed by atoms with Gasteiger partial charge < -0.3 is 5.73 Å². The molecule has 0 atom stereocenters. The van der Waals surface area contributed by atoms with Crippen molar-refractivity contribution in [3.63, 3.8) is 0 Å². The Morgan fingerprint density at radius 2 is 2.31 bits per heavy atom. The Morgan fingerprint density at radius 3 is 2.75 bits per heavy atom. The fourth-order valence-electron chi connectivity index (χ4n) is 1.98. The molecule has 1 aromatic heterocycles. The summed E-state index contributed by atoms with van der Waals surface area (Å²) in [6.45, 7) is 1.66. The molecule has 1 fully saturated rings. The zero-order valence-electron chi connectivity index (χ0n) is 8.79. The number of nitrogens with zero attached hydrogens (tertiary/aromatic N) is 3. The summed E-state index contributed by atoms with van der Waals surface area (Å²) in [5.41, 5.74) is 5.69. The van der Waals surface area contributed by atoms with Gasteiger partial charge in [-0.1, -0.05) is 0 Å². The molecule has 2 rings (SSSR count). The summed E-state index contributed by atoms with van der Waals surface area (Å²) in [6.07, 6.45) is 2.48. The molecule has 7 nitrogen and oxygen atoms in total. The third-order valence-electron chi connectivity index (χ3n) is 3.08. The molecule has 0 spiro atoms. The van der Waals surface area contributed by atoms with Crippen molar-refractivity contribution < 1.29 is 9.72 Å². The van der Waals surface area contributed by atoms with Gasteiger partial charge in [-0.3, -0.25) is 19.6 Å². The van der Waals surface area contributed by atoms with Crippen LogP contribution in [-0.4, -0.2) is 20.6 Å². The third-order valence-corrected chi connectivity index (χ3v) is 3.08. The van der Waals surface area contributed by atoms with E-state index in [0.717, 1.165) is 0 Å². The van der Waals surface area contributed by atoms with Gasteiger partial charge in [-0.05, 0) is 19.8 Å². The molecule has 0 aliphatic heterocycles. The lowest BCUT2D eigenvalue weighted by Crippen LogP contribution is -2.37. The molecule has 0 radical (unpaired) electrons. The highest BCUT2D eigenvalue weighted by atomic mass is 16.6. The molecule has 7 heteroatoms. The van der Waals surface area contributed by atoms with Crippen molar-refractivity contribution in [1.82, 2.24) is 9.78 Å². The molecule has 1 aromatic rings. The topological polar surface area (TPSA) is 104 Å². The first-order valence-electron chi connectivity index (χ1n) is 4.98. The van der Waals surface area contributed by atoms with E-state index in [-0.39, 0.29) is 23.6 Å². The maximum absolute atomic E-state index is 10.8. The van der Waals surface area contributed by atoms with Crippen LogP contribution < -0.4 is 5.73 Å². The van der Waals surface area contributed by atoms with Crippen LogP contribution in [0.15, 0.2) is 6.20 Å². The second-order valence-corrected chi connectivity index (χ2v) is 4.04. The zero-order chi connectivity index (χ0) is 11.9. The maximum Gasteiger partial charge on any atom is 0.309 e. The molecule has 2 N–H and O–H groups in total. The summed E-state index contributed by atoms with van der Waals surface area (Å²) in [4.78, 5) is 21.0. The Kier molecular flexibility index (Phi) is 2.37. The van der Waals surface area contributed by atoms with Crippen molar-refractivity contribution >= 4 is 11.6 Å². The SMILES string of the molecule is Cc1c([N+](=O)[O-])cnn1C1CC(C(N)=O)C1. The van der Waals surface area contributed by atoms with E-state index in [1.54, 1.807) is 11.6 Å². The van der Waals surface area contributed by atoms with E-state index in [4.69, 9.17) is 5.73 Å². The highest BCUT2D eigenvalue weighted by molar-refractivity contribution is 5.77. The van der Waals surface area contributed by atoms with Crippen LogP contribution in [0.3, 0.4) is 0 Å². The molecule has 0 saturated heterocycles. The van der Waals surface area contributed by atoms with Gasteiger partial charge in [-0.2, -0.15) is 5.10 Å². The molecular formula is C9H12N4O3. The summed E-state index contributed by atoms with van der Waals surface area (Å²) in [7, 11) is 0. The zero-order valence-corrected chi connectivity index (χ0v) is 8.79. The average molecular weight is 224 g/mol. The highest BCUT2D eigenvalue weighted by Gasteiger charge is 2.36. The van der Waals surface area contributed by atoms with Crippen LogP contribution >= 0.6 is 0 Å². The third kappa shape index (κ3) is 1.54. The Bertz CT molecular complexity index is 448. The number of primary amides is 1. The fourth-order valence-corrected chi connectivity index (χ4v) is 1.98. The molecule has 86 valence electrons. The molecule has 1 aliphatic rings. The van der Waals surface area contributed by atoms with Gasteiger partial charge in [0.25, 0.3) is 0 Å². The van der Waals surface area contributed by atoms with Gasteiger partial charge in [0.1, 0.15) is 11.9 Å². The van der Waals surface area contributed by atoms with Crippen LogP contribution in [0.5, 0.6) is 0 Å². The predicted molar refractivity (Wildman–Crippen MR) is 54.6 cm³/mol. The van der Waals surface area contributed by atoms with Gasteiger partial charge in [-0.25, -0.2) is 0 Å². The smallest absolute Gasteiger partial charge is 0.309 e. The number of amides is 1. The first-order chi connectivity index (χ1) is 7.50. The van der Waals surface area contributed by atoms with E-state index in [1.165, 1.54) is 6.20 Å². The largest absolute Gasteiger partial charge is 0.369 e. The van der Waals surface area contributed by atoms with E-state index < -0.39 is 4.92 Å². The van der Waals surface area contributed by atoms with Crippen LogP contribution in [-0.2, 0) is 4.79 Å². The molecule has 1 saturated carbocycles. The van der Waals surface area contributed by atoms with Crippen molar-refractivity contribution in [3.05, 3.63) is 22.0 Å². The Hall–Kier alpha value is -1.92. The molecule has 0 aromatic carbocycles. The summed E-state index contributed by atoms with van der Waals surface area (Å²) in [6, 6.07) is 0.0613. The lowest BCUT2D eigenvalue weighted by molar-refractivity contribution is -0.385. The van der Waals surface area contributed by atoms with E-state index in [0.29, 0.717) is 18.5 Å². The van der Waals surface area contributed by atoms with Gasteiger partial charge in [0.2, 0.25) is 5.91 Å². The number of aromatic nitrogens is 2. The van der Waals surface area contributed by atoms with Crippen LogP contribution in [0.25, 0.3) is 0 Å². The highest BCUT2D eigenvalue weighted by Crippen LogP contribution is 2.38. The molecule has 1 heterocycles. The number of nitro groups is 1. The lowest BCUT2D eigenvalue weighted by Gasteiger charge is -2.33. The second kappa shape index (κ2) is 3.58. The number of hydrogen-bond donors (Lipinski definition) is 1. The average Bonchev–Trinajstić information content (AvgIpc) is 2.45. The van der Waals surface area contributed by atoms with Gasteiger partial charge in [0.15, 0.2) is 0 Å². The number of carbonyl (C=O) groups is 1. The van der Waals surface area contributed by atoms with Crippen LogP contribution in [0.2, 0.25) is 0 Å². The van der Waals surface area contributed by atoms with E-state index in [9.17, 15) is 14.9 Å². The van der Waals surface area contributed by atoms with E-state index >= 15 is 0 Å². The van der Waals surface area contributed by atoms with Crippen molar-refractivity contribution in [2.24, 2.45) is 11.7 Å². The van der Waals surface area contributed by atoms with Crippen molar-refractivity contribution in [1.29, 1.82) is 0 Å². The first-order valence-corrected chi connectivity index (χ1v) is 4.98. The lowest BCUT2D eigenvalue weighted by atomic mass is 9.80. The first kappa shape index (κ1) is 10.6. The Morgan fingerprint density at radius 1 is 1.69 bits per heavy atom. The van der Waals surface area contributed by atoms with Crippen molar-refractivity contribution in [2.45, 2.75) is 25.8 Å². The van der Waals surface area contributed by atoms with Gasteiger partial charge in [0, 0.05) is 5.92 Å². The summed E-state index contributed by atoms with van der Waals surface area (Å²) >= 11 is 0. The summed E-state index contributed by atoms with van der Waals surface area (Å²) in [5, 5.41) is 14.6.